The standard InChI is InChI=1S/C33H39N3O5/c34-36-35-30-32(39-23-27-17-9-3-10-18-27)31(38-22-26-15-7-2-8-16-26)29(24-37-21-25-13-5-1-6-14-25)41-33(30)40-28-19-11-4-12-20-28/h1-3,5-10,13-18,28-33H,4,11-12,19-24H2/t29-,30-,31-,32-,33+/m1/s1. The minimum absolute atomic E-state index is 0.0487. The first-order valence-electron chi connectivity index (χ1n) is 14.6. The fraction of sp³-hybridized carbons (Fsp3) is 0.455. The summed E-state index contributed by atoms with van der Waals surface area (Å²) < 4.78 is 32.3. The number of hydrogen-bond donors (Lipinski definition) is 0. The minimum atomic E-state index is -0.767. The smallest absolute Gasteiger partial charge is 0.169 e. The summed E-state index contributed by atoms with van der Waals surface area (Å²) in [5.74, 6) is 0. The summed E-state index contributed by atoms with van der Waals surface area (Å²) in [4.78, 5) is 3.19. The number of azide groups is 1. The highest BCUT2D eigenvalue weighted by Gasteiger charge is 2.48. The Morgan fingerprint density at radius 2 is 1.24 bits per heavy atom. The Labute approximate surface area is 242 Å². The molecule has 1 aliphatic carbocycles. The zero-order valence-electron chi connectivity index (χ0n) is 23.4. The van der Waals surface area contributed by atoms with Crippen molar-refractivity contribution in [3.8, 4) is 0 Å². The van der Waals surface area contributed by atoms with E-state index in [-0.39, 0.29) is 12.7 Å². The Hall–Kier alpha value is -3.23. The van der Waals surface area contributed by atoms with Gasteiger partial charge in [0.25, 0.3) is 0 Å². The molecular formula is C33H39N3O5. The molecule has 0 N–H and O–H groups in total. The third-order valence-corrected chi connectivity index (χ3v) is 7.64. The monoisotopic (exact) mass is 557 g/mol. The van der Waals surface area contributed by atoms with Gasteiger partial charge < -0.3 is 23.7 Å². The van der Waals surface area contributed by atoms with Gasteiger partial charge in [-0.25, -0.2) is 0 Å². The van der Waals surface area contributed by atoms with Gasteiger partial charge in [0, 0.05) is 4.91 Å². The summed E-state index contributed by atoms with van der Waals surface area (Å²) in [6.07, 6.45) is 2.97. The van der Waals surface area contributed by atoms with Gasteiger partial charge in [0.2, 0.25) is 0 Å². The van der Waals surface area contributed by atoms with Crippen LogP contribution in [0.1, 0.15) is 48.8 Å². The molecule has 3 aromatic carbocycles. The molecule has 1 saturated heterocycles. The largest absolute Gasteiger partial charge is 0.374 e. The average molecular weight is 558 g/mol. The van der Waals surface area contributed by atoms with E-state index in [1.165, 1.54) is 6.42 Å². The van der Waals surface area contributed by atoms with Crippen LogP contribution in [-0.4, -0.2) is 43.4 Å². The number of rotatable bonds is 13. The van der Waals surface area contributed by atoms with Gasteiger partial charge in [0.05, 0.1) is 32.5 Å². The van der Waals surface area contributed by atoms with Gasteiger partial charge in [-0.05, 0) is 35.1 Å². The lowest BCUT2D eigenvalue weighted by molar-refractivity contribution is -0.297. The molecule has 41 heavy (non-hydrogen) atoms. The van der Waals surface area contributed by atoms with Gasteiger partial charge >= 0.3 is 0 Å². The van der Waals surface area contributed by atoms with Crippen molar-refractivity contribution in [2.45, 2.75) is 88.7 Å². The van der Waals surface area contributed by atoms with Crippen LogP contribution in [0.15, 0.2) is 96.1 Å². The van der Waals surface area contributed by atoms with Crippen molar-refractivity contribution < 1.29 is 23.7 Å². The summed E-state index contributed by atoms with van der Waals surface area (Å²) in [5.41, 5.74) is 12.7. The molecule has 8 heteroatoms. The second kappa shape index (κ2) is 15.7. The molecular weight excluding hydrogens is 518 g/mol. The van der Waals surface area contributed by atoms with E-state index in [0.29, 0.717) is 19.8 Å². The molecule has 0 spiro atoms. The minimum Gasteiger partial charge on any atom is -0.374 e. The normalized spacial score (nSPS) is 24.9. The highest BCUT2D eigenvalue weighted by molar-refractivity contribution is 5.15. The molecule has 0 radical (unpaired) electrons. The lowest BCUT2D eigenvalue weighted by Crippen LogP contribution is -2.60. The first-order chi connectivity index (χ1) is 20.3. The van der Waals surface area contributed by atoms with E-state index in [4.69, 9.17) is 23.7 Å². The number of nitrogens with zero attached hydrogens (tertiary/aromatic N) is 3. The molecule has 5 atom stereocenters. The summed E-state index contributed by atoms with van der Waals surface area (Å²) in [5, 5.41) is 4.18. The second-order valence-electron chi connectivity index (χ2n) is 10.7. The van der Waals surface area contributed by atoms with Gasteiger partial charge in [-0.1, -0.05) is 115 Å². The summed E-state index contributed by atoms with van der Waals surface area (Å²) >= 11 is 0. The van der Waals surface area contributed by atoms with E-state index in [1.807, 2.05) is 91.0 Å². The molecule has 1 saturated carbocycles. The summed E-state index contributed by atoms with van der Waals surface area (Å²) in [6, 6.07) is 29.2. The predicted octanol–water partition coefficient (Wildman–Crippen LogP) is 7.13. The van der Waals surface area contributed by atoms with Crippen LogP contribution in [0.3, 0.4) is 0 Å². The van der Waals surface area contributed by atoms with E-state index in [0.717, 1.165) is 42.4 Å². The first kappa shape index (κ1) is 29.3. The molecule has 0 aromatic heterocycles. The Bertz CT molecular complexity index is 1200. The van der Waals surface area contributed by atoms with Crippen LogP contribution in [0.4, 0.5) is 0 Å². The van der Waals surface area contributed by atoms with Crippen molar-refractivity contribution in [3.63, 3.8) is 0 Å². The topological polar surface area (TPSA) is 94.9 Å². The third kappa shape index (κ3) is 8.63. The van der Waals surface area contributed by atoms with Crippen molar-refractivity contribution in [1.82, 2.24) is 0 Å². The van der Waals surface area contributed by atoms with Crippen molar-refractivity contribution in [2.75, 3.05) is 6.61 Å². The van der Waals surface area contributed by atoms with Gasteiger partial charge in [-0.2, -0.15) is 0 Å². The predicted molar refractivity (Wildman–Crippen MR) is 156 cm³/mol. The van der Waals surface area contributed by atoms with Crippen molar-refractivity contribution in [1.29, 1.82) is 0 Å². The quantitative estimate of drug-likeness (QED) is 0.127. The Balaban J connectivity index is 1.40. The van der Waals surface area contributed by atoms with Crippen LogP contribution in [-0.2, 0) is 43.5 Å². The Kier molecular flexibility index (Phi) is 11.2. The molecule has 1 heterocycles. The first-order valence-corrected chi connectivity index (χ1v) is 14.6. The van der Waals surface area contributed by atoms with E-state index in [2.05, 4.69) is 10.0 Å². The maximum Gasteiger partial charge on any atom is 0.169 e. The zero-order valence-corrected chi connectivity index (χ0v) is 23.4. The van der Waals surface area contributed by atoms with E-state index in [1.54, 1.807) is 0 Å². The van der Waals surface area contributed by atoms with Gasteiger partial charge in [0.1, 0.15) is 24.4 Å². The van der Waals surface area contributed by atoms with E-state index >= 15 is 0 Å². The SMILES string of the molecule is [N-]=[N+]=N[C@H]1[C@@H](OC2CCCCC2)O[C@H](COCc2ccccc2)[C@@H](OCc2ccccc2)[C@@H]1OCc1ccccc1. The molecule has 2 fully saturated rings. The Morgan fingerprint density at radius 3 is 1.80 bits per heavy atom. The fourth-order valence-corrected chi connectivity index (χ4v) is 5.50. The zero-order chi connectivity index (χ0) is 28.1. The molecule has 8 nitrogen and oxygen atoms in total. The molecule has 0 bridgehead atoms. The van der Waals surface area contributed by atoms with Crippen molar-refractivity contribution in [2.24, 2.45) is 5.11 Å². The highest BCUT2D eigenvalue weighted by Crippen LogP contribution is 2.33. The number of hydrogen-bond acceptors (Lipinski definition) is 6. The Morgan fingerprint density at radius 1 is 0.707 bits per heavy atom. The second-order valence-corrected chi connectivity index (χ2v) is 10.7. The van der Waals surface area contributed by atoms with Crippen LogP contribution in [0.25, 0.3) is 10.4 Å². The van der Waals surface area contributed by atoms with E-state index in [9.17, 15) is 5.53 Å². The highest BCUT2D eigenvalue weighted by atomic mass is 16.7. The van der Waals surface area contributed by atoms with Crippen LogP contribution in [0, 0.1) is 0 Å². The molecule has 1 aliphatic heterocycles. The average Bonchev–Trinajstić information content (AvgIpc) is 3.03. The van der Waals surface area contributed by atoms with Crippen LogP contribution in [0.2, 0.25) is 0 Å². The van der Waals surface area contributed by atoms with Gasteiger partial charge in [0.15, 0.2) is 6.29 Å². The van der Waals surface area contributed by atoms with Crippen LogP contribution < -0.4 is 0 Å². The van der Waals surface area contributed by atoms with Crippen molar-refractivity contribution >= 4 is 0 Å². The molecule has 0 unspecified atom stereocenters. The maximum atomic E-state index is 9.60. The number of ether oxygens (including phenoxy) is 5. The molecule has 216 valence electrons. The summed E-state index contributed by atoms with van der Waals surface area (Å²) in [7, 11) is 0. The maximum absolute atomic E-state index is 9.60. The van der Waals surface area contributed by atoms with Gasteiger partial charge in [-0.15, -0.1) is 0 Å². The summed E-state index contributed by atoms with van der Waals surface area (Å²) in [6.45, 7) is 1.40. The number of benzene rings is 3. The van der Waals surface area contributed by atoms with Crippen molar-refractivity contribution in [3.05, 3.63) is 118 Å². The van der Waals surface area contributed by atoms with Crippen LogP contribution >= 0.6 is 0 Å². The third-order valence-electron chi connectivity index (χ3n) is 7.64. The lowest BCUT2D eigenvalue weighted by atomic mass is 9.95. The van der Waals surface area contributed by atoms with E-state index < -0.39 is 30.6 Å². The molecule has 2 aliphatic rings. The lowest BCUT2D eigenvalue weighted by Gasteiger charge is -2.45. The van der Waals surface area contributed by atoms with Gasteiger partial charge in [-0.3, -0.25) is 0 Å². The fourth-order valence-electron chi connectivity index (χ4n) is 5.50. The molecule has 0 amide bonds. The van der Waals surface area contributed by atoms with Crippen LogP contribution in [0.5, 0.6) is 0 Å². The molecule has 5 rings (SSSR count). The molecule has 3 aromatic rings.